The summed E-state index contributed by atoms with van der Waals surface area (Å²) in [7, 11) is 0. The lowest BCUT2D eigenvalue weighted by Crippen LogP contribution is -2.38. The highest BCUT2D eigenvalue weighted by Crippen LogP contribution is 2.42. The third kappa shape index (κ3) is 2.06. The Hall–Kier alpha value is -2.33. The lowest BCUT2D eigenvalue weighted by atomic mass is 9.94. The molecule has 2 heterocycles. The van der Waals surface area contributed by atoms with E-state index in [-0.39, 0.29) is 12.1 Å². The number of aryl methyl sites for hydroxylation is 1. The maximum absolute atomic E-state index is 12.8. The number of amides is 1. The van der Waals surface area contributed by atoms with Crippen LogP contribution in [0.5, 0.6) is 0 Å². The van der Waals surface area contributed by atoms with Gasteiger partial charge in [-0.2, -0.15) is 0 Å². The van der Waals surface area contributed by atoms with Crippen molar-refractivity contribution in [2.24, 2.45) is 0 Å². The molecule has 1 unspecified atom stereocenters. The molecule has 2 N–H and O–H groups in total. The van der Waals surface area contributed by atoms with Crippen LogP contribution in [-0.4, -0.2) is 5.91 Å². The second-order valence-electron chi connectivity index (χ2n) is 6.53. The van der Waals surface area contributed by atoms with Gasteiger partial charge < -0.3 is 10.6 Å². The van der Waals surface area contributed by atoms with Gasteiger partial charge in [-0.1, -0.05) is 42.5 Å². The molecule has 3 nitrogen and oxygen atoms in total. The summed E-state index contributed by atoms with van der Waals surface area (Å²) in [6.45, 7) is 0. The van der Waals surface area contributed by atoms with Gasteiger partial charge in [0.15, 0.2) is 0 Å². The van der Waals surface area contributed by atoms with Crippen molar-refractivity contribution in [1.29, 1.82) is 0 Å². The Balaban J connectivity index is 1.60. The average Bonchev–Trinajstić information content (AvgIpc) is 3.00. The van der Waals surface area contributed by atoms with Gasteiger partial charge in [0.05, 0.1) is 5.56 Å². The number of nitrogens with one attached hydrogen (secondary N) is 2. The summed E-state index contributed by atoms with van der Waals surface area (Å²) >= 11 is 1.77. The quantitative estimate of drug-likeness (QED) is 0.681. The first-order valence-electron chi connectivity index (χ1n) is 8.51. The van der Waals surface area contributed by atoms with Crippen molar-refractivity contribution in [1.82, 2.24) is 5.32 Å². The molecule has 1 aliphatic heterocycles. The highest BCUT2D eigenvalue weighted by Gasteiger charge is 2.32. The number of carbonyl (C=O) groups is 1. The van der Waals surface area contributed by atoms with E-state index < -0.39 is 0 Å². The molecule has 1 atom stereocenters. The summed E-state index contributed by atoms with van der Waals surface area (Å²) in [6.07, 6.45) is 4.41. The molecule has 1 aliphatic carbocycles. The molecule has 4 heteroatoms. The molecule has 2 aromatic carbocycles. The average molecular weight is 334 g/mol. The molecule has 5 rings (SSSR count). The molecule has 120 valence electrons. The molecule has 3 aromatic rings. The molecule has 2 aliphatic rings. The Morgan fingerprint density at radius 3 is 2.75 bits per heavy atom. The van der Waals surface area contributed by atoms with Gasteiger partial charge in [0.2, 0.25) is 0 Å². The van der Waals surface area contributed by atoms with Crippen molar-refractivity contribution >= 4 is 33.0 Å². The lowest BCUT2D eigenvalue weighted by molar-refractivity contribution is 0.0935. The predicted octanol–water partition coefficient (Wildman–Crippen LogP) is 4.63. The summed E-state index contributed by atoms with van der Waals surface area (Å²) in [6, 6.07) is 14.6. The molecular formula is C20H18N2OS. The fourth-order valence-electron chi connectivity index (χ4n) is 3.94. The van der Waals surface area contributed by atoms with Crippen molar-refractivity contribution in [3.05, 3.63) is 64.0 Å². The second kappa shape index (κ2) is 5.35. The highest BCUT2D eigenvalue weighted by molar-refractivity contribution is 7.16. The Morgan fingerprint density at radius 1 is 0.958 bits per heavy atom. The van der Waals surface area contributed by atoms with E-state index in [0.29, 0.717) is 0 Å². The SMILES string of the molecule is O=C1NC(c2cccc3ccccc23)Nc2sc3c(c21)CCCC3. The van der Waals surface area contributed by atoms with Crippen LogP contribution in [0, 0.1) is 0 Å². The smallest absolute Gasteiger partial charge is 0.256 e. The van der Waals surface area contributed by atoms with E-state index in [4.69, 9.17) is 0 Å². The summed E-state index contributed by atoms with van der Waals surface area (Å²) in [4.78, 5) is 14.2. The summed E-state index contributed by atoms with van der Waals surface area (Å²) in [5.74, 6) is 0.0704. The van der Waals surface area contributed by atoms with Crippen molar-refractivity contribution < 1.29 is 4.79 Å². The zero-order valence-corrected chi connectivity index (χ0v) is 14.1. The van der Waals surface area contributed by atoms with E-state index in [0.717, 1.165) is 29.0 Å². The number of hydrogen-bond donors (Lipinski definition) is 2. The third-order valence-electron chi connectivity index (χ3n) is 5.08. The molecule has 24 heavy (non-hydrogen) atoms. The predicted molar refractivity (Wildman–Crippen MR) is 98.7 cm³/mol. The van der Waals surface area contributed by atoms with Gasteiger partial charge in [-0.15, -0.1) is 11.3 Å². The second-order valence-corrected chi connectivity index (χ2v) is 7.64. The van der Waals surface area contributed by atoms with Crippen molar-refractivity contribution in [3.8, 4) is 0 Å². The van der Waals surface area contributed by atoms with Crippen LogP contribution in [0.2, 0.25) is 0 Å². The van der Waals surface area contributed by atoms with Gasteiger partial charge in [0, 0.05) is 10.4 Å². The molecule has 0 fully saturated rings. The lowest BCUT2D eigenvalue weighted by Gasteiger charge is -2.27. The number of anilines is 1. The molecule has 0 spiro atoms. The standard InChI is InChI=1S/C20H18N2OS/c23-19-17-15-9-3-4-11-16(15)24-20(17)22-18(21-19)14-10-5-7-12-6-1-2-8-13(12)14/h1-2,5-8,10,18,22H,3-4,9,11H2,(H,21,23). The molecule has 1 aromatic heterocycles. The van der Waals surface area contributed by atoms with Crippen LogP contribution in [-0.2, 0) is 12.8 Å². The van der Waals surface area contributed by atoms with E-state index in [2.05, 4.69) is 41.0 Å². The van der Waals surface area contributed by atoms with Crippen LogP contribution in [0.1, 0.15) is 45.4 Å². The number of hydrogen-bond acceptors (Lipinski definition) is 3. The van der Waals surface area contributed by atoms with Crippen molar-refractivity contribution in [3.63, 3.8) is 0 Å². The minimum absolute atomic E-state index is 0.0704. The first kappa shape index (κ1) is 14.1. The fraction of sp³-hybridized carbons (Fsp3) is 0.250. The molecule has 0 radical (unpaired) electrons. The monoisotopic (exact) mass is 334 g/mol. The van der Waals surface area contributed by atoms with Crippen molar-refractivity contribution in [2.45, 2.75) is 31.8 Å². The van der Waals surface area contributed by atoms with E-state index in [9.17, 15) is 4.79 Å². The first-order chi connectivity index (χ1) is 11.8. The minimum atomic E-state index is -0.170. The summed E-state index contributed by atoms with van der Waals surface area (Å²) in [5.41, 5.74) is 3.30. The van der Waals surface area contributed by atoms with E-state index >= 15 is 0 Å². The summed E-state index contributed by atoms with van der Waals surface area (Å²) < 4.78 is 0. The van der Waals surface area contributed by atoms with Gasteiger partial charge in [0.25, 0.3) is 5.91 Å². The van der Waals surface area contributed by atoms with Gasteiger partial charge >= 0.3 is 0 Å². The topological polar surface area (TPSA) is 41.1 Å². The van der Waals surface area contributed by atoms with Crippen molar-refractivity contribution in [2.75, 3.05) is 5.32 Å². The van der Waals surface area contributed by atoms with E-state index in [1.54, 1.807) is 11.3 Å². The molecular weight excluding hydrogens is 316 g/mol. The molecule has 0 saturated heterocycles. The largest absolute Gasteiger partial charge is 0.353 e. The van der Waals surface area contributed by atoms with Gasteiger partial charge in [0.1, 0.15) is 11.2 Å². The molecule has 0 bridgehead atoms. The van der Waals surface area contributed by atoms with E-state index in [1.165, 1.54) is 34.1 Å². The molecule has 0 saturated carbocycles. The maximum Gasteiger partial charge on any atom is 0.256 e. The van der Waals surface area contributed by atoms with Crippen LogP contribution >= 0.6 is 11.3 Å². The van der Waals surface area contributed by atoms with E-state index in [1.807, 2.05) is 12.1 Å². The Labute approximate surface area is 144 Å². The minimum Gasteiger partial charge on any atom is -0.353 e. The van der Waals surface area contributed by atoms with Crippen LogP contribution < -0.4 is 10.6 Å². The fourth-order valence-corrected chi connectivity index (χ4v) is 5.25. The zero-order valence-electron chi connectivity index (χ0n) is 13.3. The van der Waals surface area contributed by atoms with Crippen LogP contribution in [0.3, 0.4) is 0 Å². The maximum atomic E-state index is 12.8. The number of fused-ring (bicyclic) bond motifs is 4. The Morgan fingerprint density at radius 2 is 1.79 bits per heavy atom. The van der Waals surface area contributed by atoms with Crippen LogP contribution in [0.4, 0.5) is 5.00 Å². The first-order valence-corrected chi connectivity index (χ1v) is 9.32. The number of carbonyl (C=O) groups excluding carboxylic acids is 1. The van der Waals surface area contributed by atoms with Crippen LogP contribution in [0.15, 0.2) is 42.5 Å². The Kier molecular flexibility index (Phi) is 3.13. The number of thiophene rings is 1. The normalized spacial score (nSPS) is 19.3. The van der Waals surface area contributed by atoms with Gasteiger partial charge in [-0.3, -0.25) is 4.79 Å². The summed E-state index contributed by atoms with van der Waals surface area (Å²) in [5, 5.41) is 10.2. The van der Waals surface area contributed by atoms with Gasteiger partial charge in [-0.05, 0) is 42.0 Å². The number of benzene rings is 2. The molecule has 1 amide bonds. The zero-order chi connectivity index (χ0) is 16.1. The number of rotatable bonds is 1. The Bertz CT molecular complexity index is 954. The van der Waals surface area contributed by atoms with Crippen LogP contribution in [0.25, 0.3) is 10.8 Å². The highest BCUT2D eigenvalue weighted by atomic mass is 32.1. The third-order valence-corrected chi connectivity index (χ3v) is 6.31. The van der Waals surface area contributed by atoms with Gasteiger partial charge in [-0.25, -0.2) is 0 Å².